The van der Waals surface area contributed by atoms with Crippen molar-refractivity contribution in [2.75, 3.05) is 19.6 Å². The maximum absolute atomic E-state index is 11.6. The summed E-state index contributed by atoms with van der Waals surface area (Å²) in [5, 5.41) is 0. The molecule has 0 aromatic heterocycles. The number of hydrogen-bond acceptors (Lipinski definition) is 3. The molecule has 6 heteroatoms. The van der Waals surface area contributed by atoms with Crippen molar-refractivity contribution in [2.45, 2.75) is 33.0 Å². The maximum Gasteiger partial charge on any atom is 0.279 e. The molecule has 0 radical (unpaired) electrons. The van der Waals surface area contributed by atoms with Crippen molar-refractivity contribution in [1.82, 2.24) is 9.03 Å². The number of morpholine rings is 1. The average molecular weight is 222 g/mol. The minimum atomic E-state index is -3.30. The van der Waals surface area contributed by atoms with Crippen molar-refractivity contribution < 1.29 is 13.2 Å². The summed E-state index contributed by atoms with van der Waals surface area (Å²) in [7, 11) is -3.30. The molecular formula is C8H18N2O3S. The van der Waals surface area contributed by atoms with Gasteiger partial charge in [0.25, 0.3) is 10.2 Å². The first-order chi connectivity index (χ1) is 6.45. The van der Waals surface area contributed by atoms with Crippen LogP contribution in [0, 0.1) is 0 Å². The largest absolute Gasteiger partial charge is 0.373 e. The molecule has 0 unspecified atom stereocenters. The molecule has 1 fully saturated rings. The third-order valence-electron chi connectivity index (χ3n) is 2.05. The second-order valence-corrected chi connectivity index (χ2v) is 5.33. The van der Waals surface area contributed by atoms with Crippen molar-refractivity contribution in [3.8, 4) is 0 Å². The van der Waals surface area contributed by atoms with Crippen molar-refractivity contribution in [1.29, 1.82) is 0 Å². The molecule has 0 aromatic carbocycles. The van der Waals surface area contributed by atoms with Gasteiger partial charge >= 0.3 is 0 Å². The molecule has 0 amide bonds. The molecule has 84 valence electrons. The highest BCUT2D eigenvalue weighted by molar-refractivity contribution is 7.87. The van der Waals surface area contributed by atoms with E-state index in [1.165, 1.54) is 4.31 Å². The predicted molar refractivity (Wildman–Crippen MR) is 54.2 cm³/mol. The fourth-order valence-electron chi connectivity index (χ4n) is 1.60. The average Bonchev–Trinajstić information content (AvgIpc) is 2.02. The Hall–Kier alpha value is -0.170. The van der Waals surface area contributed by atoms with Crippen LogP contribution in [0.2, 0.25) is 0 Å². The van der Waals surface area contributed by atoms with Gasteiger partial charge in [-0.25, -0.2) is 4.72 Å². The molecule has 14 heavy (non-hydrogen) atoms. The lowest BCUT2D eigenvalue weighted by Gasteiger charge is -2.34. The quantitative estimate of drug-likeness (QED) is 0.728. The molecule has 0 saturated carbocycles. The highest BCUT2D eigenvalue weighted by atomic mass is 32.2. The summed E-state index contributed by atoms with van der Waals surface area (Å²) in [6, 6.07) is 0. The van der Waals surface area contributed by atoms with Crippen molar-refractivity contribution in [3.63, 3.8) is 0 Å². The summed E-state index contributed by atoms with van der Waals surface area (Å²) in [6.45, 7) is 6.81. The lowest BCUT2D eigenvalue weighted by atomic mass is 10.3. The Morgan fingerprint density at radius 2 is 1.86 bits per heavy atom. The molecule has 1 N–H and O–H groups in total. The first kappa shape index (κ1) is 11.9. The van der Waals surface area contributed by atoms with Crippen LogP contribution in [-0.4, -0.2) is 44.6 Å². The van der Waals surface area contributed by atoms with Gasteiger partial charge < -0.3 is 4.74 Å². The van der Waals surface area contributed by atoms with Crippen LogP contribution >= 0.6 is 0 Å². The topological polar surface area (TPSA) is 58.6 Å². The van der Waals surface area contributed by atoms with E-state index >= 15 is 0 Å². The second kappa shape index (κ2) is 4.57. The molecule has 1 aliphatic heterocycles. The Morgan fingerprint density at radius 1 is 1.36 bits per heavy atom. The molecule has 1 rings (SSSR count). The van der Waals surface area contributed by atoms with E-state index in [0.717, 1.165) is 0 Å². The second-order valence-electron chi connectivity index (χ2n) is 3.58. The van der Waals surface area contributed by atoms with Crippen LogP contribution in [0.25, 0.3) is 0 Å². The molecule has 0 bridgehead atoms. The third kappa shape index (κ3) is 2.91. The van der Waals surface area contributed by atoms with E-state index in [0.29, 0.717) is 19.6 Å². The molecule has 1 saturated heterocycles. The summed E-state index contributed by atoms with van der Waals surface area (Å²) >= 11 is 0. The van der Waals surface area contributed by atoms with Gasteiger partial charge in [0, 0.05) is 19.6 Å². The van der Waals surface area contributed by atoms with Gasteiger partial charge in [-0.3, -0.25) is 0 Å². The summed E-state index contributed by atoms with van der Waals surface area (Å²) in [5.41, 5.74) is 0. The smallest absolute Gasteiger partial charge is 0.279 e. The zero-order valence-electron chi connectivity index (χ0n) is 8.86. The lowest BCUT2D eigenvalue weighted by molar-refractivity contribution is -0.0443. The van der Waals surface area contributed by atoms with E-state index in [9.17, 15) is 8.42 Å². The normalized spacial score (nSPS) is 30.5. The summed E-state index contributed by atoms with van der Waals surface area (Å²) in [5.74, 6) is 0. The molecule has 0 aliphatic carbocycles. The summed E-state index contributed by atoms with van der Waals surface area (Å²) < 4.78 is 32.6. The zero-order chi connectivity index (χ0) is 10.8. The molecule has 0 aromatic rings. The third-order valence-corrected chi connectivity index (χ3v) is 3.68. The summed E-state index contributed by atoms with van der Waals surface area (Å²) in [6.07, 6.45) is -0.0700. The van der Waals surface area contributed by atoms with E-state index in [2.05, 4.69) is 4.72 Å². The van der Waals surface area contributed by atoms with E-state index in [-0.39, 0.29) is 12.2 Å². The van der Waals surface area contributed by atoms with Crippen LogP contribution in [-0.2, 0) is 14.9 Å². The minimum Gasteiger partial charge on any atom is -0.373 e. The Labute approximate surface area is 85.6 Å². The highest BCUT2D eigenvalue weighted by Crippen LogP contribution is 2.13. The fourth-order valence-corrected chi connectivity index (χ4v) is 2.96. The van der Waals surface area contributed by atoms with E-state index in [1.807, 2.05) is 13.8 Å². The zero-order valence-corrected chi connectivity index (χ0v) is 9.67. The van der Waals surface area contributed by atoms with Crippen LogP contribution in [0.4, 0.5) is 0 Å². The first-order valence-corrected chi connectivity index (χ1v) is 6.30. The molecule has 1 aliphatic rings. The van der Waals surface area contributed by atoms with Crippen LogP contribution in [0.15, 0.2) is 0 Å². The SMILES string of the molecule is CCNS(=O)(=O)N1C[C@@H](C)O[C@@H](C)C1. The highest BCUT2D eigenvalue weighted by Gasteiger charge is 2.30. The van der Waals surface area contributed by atoms with E-state index in [1.54, 1.807) is 6.92 Å². The number of nitrogens with zero attached hydrogens (tertiary/aromatic N) is 1. The van der Waals surface area contributed by atoms with Crippen molar-refractivity contribution in [2.24, 2.45) is 0 Å². The van der Waals surface area contributed by atoms with Gasteiger partial charge in [-0.2, -0.15) is 12.7 Å². The summed E-state index contributed by atoms with van der Waals surface area (Å²) in [4.78, 5) is 0. The van der Waals surface area contributed by atoms with Gasteiger partial charge in [0.1, 0.15) is 0 Å². The van der Waals surface area contributed by atoms with Gasteiger partial charge in [0.2, 0.25) is 0 Å². The Balaban J connectivity index is 2.68. The lowest BCUT2D eigenvalue weighted by Crippen LogP contribution is -2.51. The number of hydrogen-bond donors (Lipinski definition) is 1. The van der Waals surface area contributed by atoms with Gasteiger partial charge in [-0.15, -0.1) is 0 Å². The van der Waals surface area contributed by atoms with E-state index in [4.69, 9.17) is 4.74 Å². The number of rotatable bonds is 3. The van der Waals surface area contributed by atoms with Crippen molar-refractivity contribution in [3.05, 3.63) is 0 Å². The number of ether oxygens (including phenoxy) is 1. The molecule has 0 spiro atoms. The molecule has 5 nitrogen and oxygen atoms in total. The van der Waals surface area contributed by atoms with E-state index < -0.39 is 10.2 Å². The fraction of sp³-hybridized carbons (Fsp3) is 1.00. The van der Waals surface area contributed by atoms with Gasteiger partial charge in [0.05, 0.1) is 12.2 Å². The Bertz CT molecular complexity index is 268. The number of nitrogens with one attached hydrogen (secondary N) is 1. The minimum absolute atomic E-state index is 0.0350. The van der Waals surface area contributed by atoms with Gasteiger partial charge in [0.15, 0.2) is 0 Å². The molecule has 2 atom stereocenters. The molecule has 1 heterocycles. The van der Waals surface area contributed by atoms with Crippen molar-refractivity contribution >= 4 is 10.2 Å². The van der Waals surface area contributed by atoms with Crippen LogP contribution in [0.1, 0.15) is 20.8 Å². The predicted octanol–water partition coefficient (Wildman–Crippen LogP) is -0.0501. The standard InChI is InChI=1S/C8H18N2O3S/c1-4-9-14(11,12)10-5-7(2)13-8(3)6-10/h7-9H,4-6H2,1-3H3/t7-,8+. The first-order valence-electron chi connectivity index (χ1n) is 4.86. The van der Waals surface area contributed by atoms with Crippen LogP contribution in [0.5, 0.6) is 0 Å². The van der Waals surface area contributed by atoms with Gasteiger partial charge in [-0.05, 0) is 13.8 Å². The Morgan fingerprint density at radius 3 is 2.29 bits per heavy atom. The van der Waals surface area contributed by atoms with Gasteiger partial charge in [-0.1, -0.05) is 6.92 Å². The van der Waals surface area contributed by atoms with Crippen LogP contribution in [0.3, 0.4) is 0 Å². The van der Waals surface area contributed by atoms with Crippen LogP contribution < -0.4 is 4.72 Å². The molecular weight excluding hydrogens is 204 g/mol. The Kier molecular flexibility index (Phi) is 3.88. The maximum atomic E-state index is 11.6. The monoisotopic (exact) mass is 222 g/mol.